The minimum Gasteiger partial charge on any atom is -0.463 e. The van der Waals surface area contributed by atoms with E-state index in [1.807, 2.05) is 13.1 Å². The molecule has 0 atom stereocenters. The highest BCUT2D eigenvalue weighted by molar-refractivity contribution is 5.84. The molecule has 0 amide bonds. The fraction of sp³-hybridized carbons (Fsp3) is 0.438. The van der Waals surface area contributed by atoms with Crippen LogP contribution in [0.25, 0.3) is 0 Å². The maximum atomic E-state index is 11.3. The van der Waals surface area contributed by atoms with Crippen LogP contribution in [-0.4, -0.2) is 46.3 Å². The van der Waals surface area contributed by atoms with Gasteiger partial charge in [-0.05, 0) is 38.4 Å². The van der Waals surface area contributed by atoms with Crippen LogP contribution < -0.4 is 0 Å². The summed E-state index contributed by atoms with van der Waals surface area (Å²) in [5, 5.41) is 4.09. The van der Waals surface area contributed by atoms with Crippen LogP contribution in [0.5, 0.6) is 0 Å². The third-order valence-electron chi connectivity index (χ3n) is 3.39. The summed E-state index contributed by atoms with van der Waals surface area (Å²) in [6, 6.07) is 10.5. The number of unbranched alkanes of at least 4 members (excludes halogenated alkanes) is 1. The Hall–Kier alpha value is -2.21. The highest BCUT2D eigenvalue weighted by atomic mass is 16.5. The first kappa shape index (κ1) is 16.2. The van der Waals surface area contributed by atoms with Crippen LogP contribution in [0.1, 0.15) is 29.0 Å². The van der Waals surface area contributed by atoms with Crippen molar-refractivity contribution < 1.29 is 9.53 Å². The second-order valence-electron chi connectivity index (χ2n) is 5.26. The van der Waals surface area contributed by atoms with Gasteiger partial charge in [-0.3, -0.25) is 4.90 Å². The number of carbonyl (C=O) groups excluding carboxylic acids is 1. The van der Waals surface area contributed by atoms with E-state index in [-0.39, 0.29) is 5.82 Å². The molecular weight excluding hydrogens is 280 g/mol. The molecule has 0 radical (unpaired) electrons. The molecule has 0 unspecified atom stereocenters. The molecule has 0 saturated heterocycles. The number of carbonyl (C=O) groups is 1. The molecule has 0 saturated carbocycles. The number of aromatic nitrogens is 3. The van der Waals surface area contributed by atoms with Crippen molar-refractivity contribution in [3.8, 4) is 0 Å². The molecule has 0 bridgehead atoms. The zero-order chi connectivity index (χ0) is 15.8. The minimum absolute atomic E-state index is 0.0972. The van der Waals surface area contributed by atoms with Crippen molar-refractivity contribution in [2.45, 2.75) is 25.9 Å². The lowest BCUT2D eigenvalue weighted by atomic mass is 10.1. The van der Waals surface area contributed by atoms with Gasteiger partial charge in [0, 0.05) is 0 Å². The highest BCUT2D eigenvalue weighted by Gasteiger charge is 2.11. The molecule has 2 aromatic rings. The second kappa shape index (κ2) is 8.29. The van der Waals surface area contributed by atoms with Crippen molar-refractivity contribution >= 4 is 5.97 Å². The lowest BCUT2D eigenvalue weighted by Gasteiger charge is -2.15. The van der Waals surface area contributed by atoms with Gasteiger partial charge in [0.05, 0.1) is 13.8 Å². The molecule has 1 aromatic heterocycles. The lowest BCUT2D eigenvalue weighted by molar-refractivity contribution is 0.0585. The van der Waals surface area contributed by atoms with Gasteiger partial charge < -0.3 is 4.74 Å². The van der Waals surface area contributed by atoms with Crippen LogP contribution in [0.15, 0.2) is 36.7 Å². The molecule has 22 heavy (non-hydrogen) atoms. The molecule has 0 spiro atoms. The van der Waals surface area contributed by atoms with Crippen molar-refractivity contribution in [1.29, 1.82) is 0 Å². The van der Waals surface area contributed by atoms with Crippen molar-refractivity contribution in [2.24, 2.45) is 0 Å². The standard InChI is InChI=1S/C16H22N4O2/c1-19(11-7-6-10-14-8-4-3-5-9-14)13-20-12-17-15(18-20)16(21)22-2/h3-5,8-9,12H,6-7,10-11,13H2,1-2H3. The Morgan fingerprint density at radius 1 is 1.27 bits per heavy atom. The maximum absolute atomic E-state index is 11.3. The van der Waals surface area contributed by atoms with Crippen molar-refractivity contribution in [1.82, 2.24) is 19.7 Å². The smallest absolute Gasteiger partial charge is 0.377 e. The van der Waals surface area contributed by atoms with E-state index in [0.717, 1.165) is 25.8 Å². The Morgan fingerprint density at radius 3 is 2.77 bits per heavy atom. The average Bonchev–Trinajstić information content (AvgIpc) is 3.00. The van der Waals surface area contributed by atoms with E-state index in [2.05, 4.69) is 44.0 Å². The summed E-state index contributed by atoms with van der Waals surface area (Å²) in [6.45, 7) is 1.58. The first-order valence-corrected chi connectivity index (χ1v) is 7.39. The third kappa shape index (κ3) is 4.96. The number of rotatable bonds is 8. The Balaban J connectivity index is 1.68. The number of esters is 1. The number of benzene rings is 1. The Bertz CT molecular complexity index is 583. The Morgan fingerprint density at radius 2 is 2.05 bits per heavy atom. The van der Waals surface area contributed by atoms with Crippen LogP contribution >= 0.6 is 0 Å². The zero-order valence-corrected chi connectivity index (χ0v) is 13.1. The quantitative estimate of drug-likeness (QED) is 0.551. The molecule has 6 nitrogen and oxygen atoms in total. The number of hydrogen-bond acceptors (Lipinski definition) is 5. The average molecular weight is 302 g/mol. The van der Waals surface area contributed by atoms with Crippen LogP contribution in [0, 0.1) is 0 Å². The van der Waals surface area contributed by atoms with E-state index in [9.17, 15) is 4.79 Å². The Kier molecular flexibility index (Phi) is 6.09. The van der Waals surface area contributed by atoms with Gasteiger partial charge in [-0.15, -0.1) is 5.10 Å². The third-order valence-corrected chi connectivity index (χ3v) is 3.39. The molecule has 0 aliphatic rings. The monoisotopic (exact) mass is 302 g/mol. The van der Waals surface area contributed by atoms with Crippen molar-refractivity contribution in [3.05, 3.63) is 48.0 Å². The van der Waals surface area contributed by atoms with Gasteiger partial charge in [0.1, 0.15) is 6.33 Å². The fourth-order valence-corrected chi connectivity index (χ4v) is 2.22. The van der Waals surface area contributed by atoms with Gasteiger partial charge in [0.2, 0.25) is 0 Å². The van der Waals surface area contributed by atoms with Gasteiger partial charge in [-0.1, -0.05) is 30.3 Å². The normalized spacial score (nSPS) is 10.9. The number of aryl methyl sites for hydroxylation is 1. The van der Waals surface area contributed by atoms with E-state index in [4.69, 9.17) is 0 Å². The SMILES string of the molecule is COC(=O)c1ncn(CN(C)CCCCc2ccccc2)n1. The second-order valence-corrected chi connectivity index (χ2v) is 5.26. The van der Waals surface area contributed by atoms with E-state index < -0.39 is 5.97 Å². The summed E-state index contributed by atoms with van der Waals surface area (Å²) < 4.78 is 6.23. The summed E-state index contributed by atoms with van der Waals surface area (Å²) in [6.07, 6.45) is 4.92. The van der Waals surface area contributed by atoms with Crippen LogP contribution in [0.3, 0.4) is 0 Å². The molecule has 0 aliphatic heterocycles. The van der Waals surface area contributed by atoms with E-state index in [1.54, 1.807) is 11.0 Å². The topological polar surface area (TPSA) is 60.2 Å². The summed E-state index contributed by atoms with van der Waals surface area (Å²) >= 11 is 0. The van der Waals surface area contributed by atoms with Crippen LogP contribution in [0.2, 0.25) is 0 Å². The molecule has 0 fully saturated rings. The molecule has 1 aromatic carbocycles. The molecule has 1 heterocycles. The summed E-state index contributed by atoms with van der Waals surface area (Å²) in [4.78, 5) is 17.4. The number of nitrogens with zero attached hydrogens (tertiary/aromatic N) is 4. The van der Waals surface area contributed by atoms with Gasteiger partial charge in [-0.25, -0.2) is 14.5 Å². The first-order valence-electron chi connectivity index (χ1n) is 7.39. The number of methoxy groups -OCH3 is 1. The highest BCUT2D eigenvalue weighted by Crippen LogP contribution is 2.05. The van der Waals surface area contributed by atoms with Crippen molar-refractivity contribution in [3.63, 3.8) is 0 Å². The minimum atomic E-state index is -0.510. The number of hydrogen-bond donors (Lipinski definition) is 0. The van der Waals surface area contributed by atoms with Gasteiger partial charge in [0.15, 0.2) is 0 Å². The first-order chi connectivity index (χ1) is 10.7. The molecule has 6 heteroatoms. The van der Waals surface area contributed by atoms with Crippen molar-refractivity contribution in [2.75, 3.05) is 20.7 Å². The fourth-order valence-electron chi connectivity index (χ4n) is 2.22. The summed E-state index contributed by atoms with van der Waals surface area (Å²) in [5.41, 5.74) is 1.38. The molecular formula is C16H22N4O2. The Labute approximate surface area is 130 Å². The van der Waals surface area contributed by atoms with Gasteiger partial charge >= 0.3 is 5.97 Å². The molecule has 0 aliphatic carbocycles. The van der Waals surface area contributed by atoms with E-state index in [0.29, 0.717) is 6.67 Å². The summed E-state index contributed by atoms with van der Waals surface area (Å²) in [7, 11) is 3.35. The zero-order valence-electron chi connectivity index (χ0n) is 13.1. The largest absolute Gasteiger partial charge is 0.463 e. The van der Waals surface area contributed by atoms with E-state index in [1.165, 1.54) is 12.7 Å². The van der Waals surface area contributed by atoms with Gasteiger partial charge in [-0.2, -0.15) is 0 Å². The summed E-state index contributed by atoms with van der Waals surface area (Å²) in [5.74, 6) is -0.413. The van der Waals surface area contributed by atoms with E-state index >= 15 is 0 Å². The predicted molar refractivity (Wildman–Crippen MR) is 83.4 cm³/mol. The van der Waals surface area contributed by atoms with Crippen LogP contribution in [-0.2, 0) is 17.8 Å². The molecule has 118 valence electrons. The van der Waals surface area contributed by atoms with Gasteiger partial charge in [0.25, 0.3) is 5.82 Å². The number of ether oxygens (including phenoxy) is 1. The molecule has 0 N–H and O–H groups in total. The lowest BCUT2D eigenvalue weighted by Crippen LogP contribution is -2.23. The van der Waals surface area contributed by atoms with Crippen LogP contribution in [0.4, 0.5) is 0 Å². The maximum Gasteiger partial charge on any atom is 0.377 e. The molecule has 2 rings (SSSR count). The predicted octanol–water partition coefficient (Wildman–Crippen LogP) is 1.98.